The third-order valence-corrected chi connectivity index (χ3v) is 5.26. The van der Waals surface area contributed by atoms with Crippen molar-refractivity contribution >= 4 is 34.5 Å². The molecule has 2 atom stereocenters. The van der Waals surface area contributed by atoms with Crippen LogP contribution in [0.3, 0.4) is 0 Å². The highest BCUT2D eigenvalue weighted by atomic mass is 35.5. The van der Waals surface area contributed by atoms with Crippen LogP contribution in [-0.2, 0) is 0 Å². The number of thiazole rings is 1. The molecule has 0 radical (unpaired) electrons. The quantitative estimate of drug-likeness (QED) is 0.778. The Morgan fingerprint density at radius 2 is 2.09 bits per heavy atom. The molecule has 22 heavy (non-hydrogen) atoms. The zero-order chi connectivity index (χ0) is 14.7. The van der Waals surface area contributed by atoms with E-state index in [0.29, 0.717) is 17.1 Å². The van der Waals surface area contributed by atoms with Crippen molar-refractivity contribution in [3.8, 4) is 10.7 Å². The second-order valence-electron chi connectivity index (χ2n) is 5.78. The molecular weight excluding hydrogens is 320 g/mol. The number of fused-ring (bicyclic) bond motifs is 3. The highest BCUT2D eigenvalue weighted by Crippen LogP contribution is 2.29. The fraction of sp³-hybridized carbons (Fsp3) is 0.357. The van der Waals surface area contributed by atoms with E-state index in [1.54, 1.807) is 17.5 Å². The van der Waals surface area contributed by atoms with Gasteiger partial charge >= 0.3 is 0 Å². The summed E-state index contributed by atoms with van der Waals surface area (Å²) in [5.74, 6) is 0.774. The Bertz CT molecular complexity index is 829. The Hall–Kier alpha value is -1.70. The smallest absolute Gasteiger partial charge is 0.245 e. The van der Waals surface area contributed by atoms with Crippen molar-refractivity contribution in [3.05, 3.63) is 28.7 Å². The van der Waals surface area contributed by atoms with Gasteiger partial charge in [-0.2, -0.15) is 4.98 Å². The number of aromatic nitrogens is 4. The zero-order valence-corrected chi connectivity index (χ0v) is 13.2. The number of nitrogens with one attached hydrogen (secondary N) is 1. The fourth-order valence-electron chi connectivity index (χ4n) is 3.25. The van der Waals surface area contributed by atoms with E-state index < -0.39 is 0 Å². The molecule has 0 spiro atoms. The summed E-state index contributed by atoms with van der Waals surface area (Å²) in [6, 6.07) is 4.89. The van der Waals surface area contributed by atoms with Crippen molar-refractivity contribution in [2.75, 3.05) is 18.0 Å². The van der Waals surface area contributed by atoms with Gasteiger partial charge in [0.1, 0.15) is 10.7 Å². The molecule has 8 heteroatoms. The maximum atomic E-state index is 6.24. The van der Waals surface area contributed by atoms with Gasteiger partial charge in [0.15, 0.2) is 5.65 Å². The van der Waals surface area contributed by atoms with Gasteiger partial charge < -0.3 is 10.2 Å². The highest BCUT2D eigenvalue weighted by molar-refractivity contribution is 7.13. The van der Waals surface area contributed by atoms with Gasteiger partial charge in [-0.25, -0.2) is 9.50 Å². The van der Waals surface area contributed by atoms with Crippen LogP contribution >= 0.6 is 22.9 Å². The Kier molecular flexibility index (Phi) is 2.70. The SMILES string of the molecule is Clc1cc(-c2nccs2)n2nc(N3CC4CC(C3)N4)nc2c1. The number of anilines is 1. The first-order valence-corrected chi connectivity index (χ1v) is 8.49. The first-order chi connectivity index (χ1) is 10.8. The van der Waals surface area contributed by atoms with Crippen molar-refractivity contribution in [2.45, 2.75) is 18.5 Å². The number of rotatable bonds is 2. The van der Waals surface area contributed by atoms with Crippen molar-refractivity contribution < 1.29 is 0 Å². The van der Waals surface area contributed by atoms with E-state index in [2.05, 4.69) is 20.2 Å². The minimum absolute atomic E-state index is 0.576. The predicted molar refractivity (Wildman–Crippen MR) is 86.6 cm³/mol. The van der Waals surface area contributed by atoms with Gasteiger partial charge in [0.2, 0.25) is 5.95 Å². The number of piperazine rings is 1. The van der Waals surface area contributed by atoms with Crippen LogP contribution in [0, 0.1) is 0 Å². The van der Waals surface area contributed by atoms with Crippen molar-refractivity contribution in [1.29, 1.82) is 0 Å². The first kappa shape index (κ1) is 12.8. The second-order valence-corrected chi connectivity index (χ2v) is 7.11. The maximum absolute atomic E-state index is 6.24. The molecule has 0 aliphatic carbocycles. The van der Waals surface area contributed by atoms with Gasteiger partial charge in [0.05, 0.1) is 0 Å². The van der Waals surface area contributed by atoms with Crippen LogP contribution in [0.25, 0.3) is 16.3 Å². The van der Waals surface area contributed by atoms with Gasteiger partial charge in [-0.15, -0.1) is 16.4 Å². The Balaban J connectivity index is 1.62. The summed E-state index contributed by atoms with van der Waals surface area (Å²) in [7, 11) is 0. The molecule has 3 aliphatic heterocycles. The maximum Gasteiger partial charge on any atom is 0.245 e. The molecule has 0 saturated carbocycles. The molecule has 6 rings (SSSR count). The summed E-state index contributed by atoms with van der Waals surface area (Å²) in [4.78, 5) is 11.3. The van der Waals surface area contributed by atoms with Crippen LogP contribution in [0.5, 0.6) is 0 Å². The largest absolute Gasteiger partial charge is 0.336 e. The van der Waals surface area contributed by atoms with E-state index in [4.69, 9.17) is 16.7 Å². The van der Waals surface area contributed by atoms with E-state index in [-0.39, 0.29) is 0 Å². The molecule has 112 valence electrons. The van der Waals surface area contributed by atoms with Gasteiger partial charge in [-0.05, 0) is 12.5 Å². The molecule has 3 aromatic rings. The van der Waals surface area contributed by atoms with E-state index in [1.807, 2.05) is 22.0 Å². The molecule has 2 unspecified atom stereocenters. The van der Waals surface area contributed by atoms with Crippen molar-refractivity contribution in [1.82, 2.24) is 24.9 Å². The average molecular weight is 333 g/mol. The summed E-state index contributed by atoms with van der Waals surface area (Å²) in [6.45, 7) is 1.93. The molecular formula is C14H13ClN6S. The topological polar surface area (TPSA) is 58.4 Å². The van der Waals surface area contributed by atoms with E-state index >= 15 is 0 Å². The number of nitrogens with zero attached hydrogens (tertiary/aromatic N) is 5. The molecule has 6 nitrogen and oxygen atoms in total. The van der Waals surface area contributed by atoms with Crippen molar-refractivity contribution in [3.63, 3.8) is 0 Å². The fourth-order valence-corrected chi connectivity index (χ4v) is 4.09. The molecule has 6 heterocycles. The third-order valence-electron chi connectivity index (χ3n) is 4.25. The number of hydrogen-bond donors (Lipinski definition) is 1. The Morgan fingerprint density at radius 1 is 1.27 bits per heavy atom. The third kappa shape index (κ3) is 1.93. The van der Waals surface area contributed by atoms with Gasteiger partial charge in [-0.3, -0.25) is 0 Å². The number of piperidine rings is 1. The lowest BCUT2D eigenvalue weighted by Gasteiger charge is -2.47. The lowest BCUT2D eigenvalue weighted by Crippen LogP contribution is -2.67. The van der Waals surface area contributed by atoms with E-state index in [1.165, 1.54) is 6.42 Å². The lowest BCUT2D eigenvalue weighted by molar-refractivity contribution is 0.224. The van der Waals surface area contributed by atoms with Crippen LogP contribution in [0.15, 0.2) is 23.7 Å². The monoisotopic (exact) mass is 332 g/mol. The Morgan fingerprint density at radius 3 is 2.82 bits per heavy atom. The van der Waals surface area contributed by atoms with Gasteiger partial charge in [0.25, 0.3) is 0 Å². The number of halogens is 1. The first-order valence-electron chi connectivity index (χ1n) is 7.23. The predicted octanol–water partition coefficient (Wildman–Crippen LogP) is 2.06. The standard InChI is InChI=1S/C14H13ClN6S/c15-8-3-11(13-16-1-2-22-13)21-12(4-8)18-14(19-21)20-6-9-5-10(7-20)17-9/h1-4,9-10,17H,5-7H2. The van der Waals surface area contributed by atoms with Gasteiger partial charge in [0, 0.05) is 47.8 Å². The van der Waals surface area contributed by atoms with Gasteiger partial charge in [-0.1, -0.05) is 11.6 Å². The minimum Gasteiger partial charge on any atom is -0.336 e. The van der Waals surface area contributed by atoms with Crippen LogP contribution in [0.1, 0.15) is 6.42 Å². The van der Waals surface area contributed by atoms with E-state index in [9.17, 15) is 0 Å². The van der Waals surface area contributed by atoms with Crippen molar-refractivity contribution in [2.24, 2.45) is 0 Å². The molecule has 0 amide bonds. The summed E-state index contributed by atoms with van der Waals surface area (Å²) in [5, 5.41) is 11.7. The molecule has 3 aliphatic rings. The molecule has 3 fully saturated rings. The summed E-state index contributed by atoms with van der Waals surface area (Å²) in [6.07, 6.45) is 3.05. The zero-order valence-electron chi connectivity index (χ0n) is 11.6. The minimum atomic E-state index is 0.576. The van der Waals surface area contributed by atoms with E-state index in [0.717, 1.165) is 35.4 Å². The summed E-state index contributed by atoms with van der Waals surface area (Å²) in [5.41, 5.74) is 1.65. The molecule has 2 bridgehead atoms. The van der Waals surface area contributed by atoms with Crippen LogP contribution in [0.4, 0.5) is 5.95 Å². The summed E-state index contributed by atoms with van der Waals surface area (Å²) < 4.78 is 1.84. The van der Waals surface area contributed by atoms with Crippen LogP contribution < -0.4 is 10.2 Å². The Labute approximate surface area is 135 Å². The van der Waals surface area contributed by atoms with Crippen LogP contribution in [-0.4, -0.2) is 44.8 Å². The second kappa shape index (κ2) is 4.65. The molecule has 3 saturated heterocycles. The number of hydrogen-bond acceptors (Lipinski definition) is 6. The van der Waals surface area contributed by atoms with Crippen LogP contribution in [0.2, 0.25) is 5.02 Å². The lowest BCUT2D eigenvalue weighted by atomic mass is 9.92. The molecule has 3 aromatic heterocycles. The normalized spacial score (nSPS) is 23.8. The number of pyridine rings is 1. The summed E-state index contributed by atoms with van der Waals surface area (Å²) >= 11 is 7.81. The molecule has 0 aromatic carbocycles. The highest BCUT2D eigenvalue weighted by Gasteiger charge is 2.37. The molecule has 1 N–H and O–H groups in total. The average Bonchev–Trinajstić information content (AvgIpc) is 3.15.